The van der Waals surface area contributed by atoms with Crippen LogP contribution in [0.15, 0.2) is 42.5 Å². The van der Waals surface area contributed by atoms with E-state index in [1.807, 2.05) is 16.8 Å². The van der Waals surface area contributed by atoms with E-state index in [-0.39, 0.29) is 17.8 Å². The minimum Gasteiger partial charge on any atom is -0.406 e. The maximum absolute atomic E-state index is 12.7. The minimum atomic E-state index is -4.81. The van der Waals surface area contributed by atoms with Gasteiger partial charge in [0.05, 0.1) is 11.3 Å². The van der Waals surface area contributed by atoms with Crippen molar-refractivity contribution in [2.75, 3.05) is 23.8 Å². The van der Waals surface area contributed by atoms with E-state index >= 15 is 0 Å². The summed E-state index contributed by atoms with van der Waals surface area (Å²) >= 11 is 0. The van der Waals surface area contributed by atoms with Crippen LogP contribution in [0.1, 0.15) is 33.6 Å². The Morgan fingerprint density at radius 3 is 2.76 bits per heavy atom. The van der Waals surface area contributed by atoms with Crippen molar-refractivity contribution in [2.24, 2.45) is 0 Å². The smallest absolute Gasteiger partial charge is 0.406 e. The molecule has 9 heteroatoms. The quantitative estimate of drug-likeness (QED) is 0.843. The number of carbonyl (C=O) groups excluding carboxylic acids is 2. The van der Waals surface area contributed by atoms with Crippen molar-refractivity contribution in [1.82, 2.24) is 4.90 Å². The van der Waals surface area contributed by atoms with E-state index < -0.39 is 18.0 Å². The number of benzene rings is 2. The molecule has 0 unspecified atom stereocenters. The number of anilines is 2. The van der Waals surface area contributed by atoms with E-state index in [0.717, 1.165) is 25.0 Å². The number of hydrogen-bond acceptors (Lipinski definition) is 4. The molecule has 2 aliphatic rings. The molecule has 0 saturated carbocycles. The molecule has 2 heterocycles. The fourth-order valence-electron chi connectivity index (χ4n) is 3.82. The number of rotatable bonds is 3. The van der Waals surface area contributed by atoms with E-state index in [2.05, 4.69) is 10.1 Å². The minimum absolute atomic E-state index is 0.0236. The first kappa shape index (κ1) is 19.1. The van der Waals surface area contributed by atoms with E-state index in [9.17, 15) is 22.8 Å². The Hall–Kier alpha value is -3.23. The van der Waals surface area contributed by atoms with Crippen LogP contribution < -0.4 is 15.0 Å². The normalized spacial score (nSPS) is 18.3. The van der Waals surface area contributed by atoms with Crippen molar-refractivity contribution < 1.29 is 27.5 Å². The van der Waals surface area contributed by atoms with Crippen molar-refractivity contribution in [3.05, 3.63) is 53.6 Å². The summed E-state index contributed by atoms with van der Waals surface area (Å²) in [4.78, 5) is 29.1. The van der Waals surface area contributed by atoms with Crippen molar-refractivity contribution in [3.63, 3.8) is 0 Å². The Kier molecular flexibility index (Phi) is 4.60. The van der Waals surface area contributed by atoms with Gasteiger partial charge in [0.2, 0.25) is 0 Å². The monoisotopic (exact) mass is 405 g/mol. The number of amides is 2. The van der Waals surface area contributed by atoms with Crippen LogP contribution in [-0.2, 0) is 0 Å². The Labute approximate surface area is 164 Å². The van der Waals surface area contributed by atoms with Gasteiger partial charge >= 0.3 is 6.36 Å². The first-order valence-corrected chi connectivity index (χ1v) is 9.08. The first-order chi connectivity index (χ1) is 13.7. The molecule has 2 aromatic rings. The second kappa shape index (κ2) is 6.98. The van der Waals surface area contributed by atoms with Gasteiger partial charge in [0, 0.05) is 30.9 Å². The largest absolute Gasteiger partial charge is 0.573 e. The predicted molar refractivity (Wildman–Crippen MR) is 100.0 cm³/mol. The molecule has 2 aromatic carbocycles. The summed E-state index contributed by atoms with van der Waals surface area (Å²) in [5.41, 5.74) is 1.67. The molecule has 1 N–H and O–H groups in total. The Morgan fingerprint density at radius 2 is 2.00 bits per heavy atom. The second-order valence-electron chi connectivity index (χ2n) is 6.99. The molecule has 0 aliphatic carbocycles. The van der Waals surface area contributed by atoms with Gasteiger partial charge in [0.25, 0.3) is 11.8 Å². The highest BCUT2D eigenvalue weighted by Gasteiger charge is 2.38. The van der Waals surface area contributed by atoms with Gasteiger partial charge in [0.1, 0.15) is 11.9 Å². The zero-order valence-corrected chi connectivity index (χ0v) is 15.5. The van der Waals surface area contributed by atoms with Gasteiger partial charge in [-0.05, 0) is 43.2 Å². The molecule has 6 nitrogen and oxygen atoms in total. The lowest BCUT2D eigenvalue weighted by Crippen LogP contribution is -2.50. The molecule has 1 atom stereocenters. The average Bonchev–Trinajstić information content (AvgIpc) is 3.15. The third-order valence-corrected chi connectivity index (χ3v) is 5.12. The molecule has 1 fully saturated rings. The van der Waals surface area contributed by atoms with Crippen molar-refractivity contribution in [1.29, 1.82) is 0 Å². The molecule has 152 valence electrons. The number of carbonyl (C=O) groups is 2. The zero-order valence-electron chi connectivity index (χ0n) is 15.5. The van der Waals surface area contributed by atoms with Crippen molar-refractivity contribution >= 4 is 23.2 Å². The first-order valence-electron chi connectivity index (χ1n) is 9.08. The number of ether oxygens (including phenoxy) is 1. The number of fused-ring (bicyclic) bond motifs is 2. The predicted octanol–water partition coefficient (Wildman–Crippen LogP) is 3.85. The van der Waals surface area contributed by atoms with Gasteiger partial charge in [-0.3, -0.25) is 9.59 Å². The van der Waals surface area contributed by atoms with Crippen LogP contribution in [-0.4, -0.2) is 42.8 Å². The van der Waals surface area contributed by atoms with E-state index in [0.29, 0.717) is 23.4 Å². The van der Waals surface area contributed by atoms with Gasteiger partial charge in [-0.15, -0.1) is 13.2 Å². The third-order valence-electron chi connectivity index (χ3n) is 5.12. The molecule has 29 heavy (non-hydrogen) atoms. The lowest BCUT2D eigenvalue weighted by atomic mass is 10.0. The number of hydrogen-bond donors (Lipinski definition) is 1. The standard InChI is InChI=1S/C20H18F3N3O3/c1-25-16-10-12(7-8-15(16)19(28)26-9-3-6-17(25)26)18(27)24-13-4-2-5-14(11-13)29-20(21,22)23/h2,4-5,7-8,10-11,17H,3,6,9H2,1H3,(H,24,27)/t17-/m0/s1. The molecule has 0 bridgehead atoms. The van der Waals surface area contributed by atoms with Gasteiger partial charge < -0.3 is 19.9 Å². The van der Waals surface area contributed by atoms with Gasteiger partial charge in [0.15, 0.2) is 0 Å². The molecule has 1 saturated heterocycles. The van der Waals surface area contributed by atoms with Gasteiger partial charge in [-0.1, -0.05) is 6.07 Å². The lowest BCUT2D eigenvalue weighted by molar-refractivity contribution is -0.274. The van der Waals surface area contributed by atoms with Crippen LogP contribution >= 0.6 is 0 Å². The summed E-state index contributed by atoms with van der Waals surface area (Å²) in [6, 6.07) is 9.84. The molecule has 0 aromatic heterocycles. The maximum atomic E-state index is 12.7. The SMILES string of the molecule is CN1c2cc(C(=O)Nc3cccc(OC(F)(F)F)c3)ccc2C(=O)N2CCC[C@H]21. The molecular formula is C20H18F3N3O3. The summed E-state index contributed by atoms with van der Waals surface area (Å²) in [5.74, 6) is -0.969. The summed E-state index contributed by atoms with van der Waals surface area (Å²) in [7, 11) is 1.88. The fourth-order valence-corrected chi connectivity index (χ4v) is 3.82. The van der Waals surface area contributed by atoms with Gasteiger partial charge in [-0.2, -0.15) is 0 Å². The number of nitrogens with zero attached hydrogens (tertiary/aromatic N) is 2. The Bertz CT molecular complexity index is 977. The lowest BCUT2D eigenvalue weighted by Gasteiger charge is -2.40. The second-order valence-corrected chi connectivity index (χ2v) is 6.99. The highest BCUT2D eigenvalue weighted by molar-refractivity contribution is 6.08. The highest BCUT2D eigenvalue weighted by atomic mass is 19.4. The van der Waals surface area contributed by atoms with Crippen molar-refractivity contribution in [3.8, 4) is 5.75 Å². The Morgan fingerprint density at radius 1 is 1.21 bits per heavy atom. The van der Waals surface area contributed by atoms with Crippen LogP contribution in [0.2, 0.25) is 0 Å². The van der Waals surface area contributed by atoms with Gasteiger partial charge in [-0.25, -0.2) is 0 Å². The molecule has 4 rings (SSSR count). The summed E-state index contributed by atoms with van der Waals surface area (Å²) in [6.45, 7) is 0.714. The Balaban J connectivity index is 1.56. The highest BCUT2D eigenvalue weighted by Crippen LogP contribution is 2.35. The van der Waals surface area contributed by atoms with Crippen LogP contribution in [0.3, 0.4) is 0 Å². The topological polar surface area (TPSA) is 61.9 Å². The average molecular weight is 405 g/mol. The fraction of sp³-hybridized carbons (Fsp3) is 0.300. The zero-order chi connectivity index (χ0) is 20.8. The molecular weight excluding hydrogens is 387 g/mol. The van der Waals surface area contributed by atoms with Crippen molar-refractivity contribution in [2.45, 2.75) is 25.4 Å². The molecule has 0 radical (unpaired) electrons. The maximum Gasteiger partial charge on any atom is 0.573 e. The number of halogens is 3. The third kappa shape index (κ3) is 3.72. The summed E-state index contributed by atoms with van der Waals surface area (Å²) < 4.78 is 41.0. The van der Waals surface area contributed by atoms with Crippen LogP contribution in [0.25, 0.3) is 0 Å². The number of nitrogens with one attached hydrogen (secondary N) is 1. The van der Waals surface area contributed by atoms with E-state index in [1.54, 1.807) is 12.1 Å². The van der Waals surface area contributed by atoms with Crippen LogP contribution in [0.4, 0.5) is 24.5 Å². The summed E-state index contributed by atoms with van der Waals surface area (Å²) in [6.07, 6.45) is -3.04. The van der Waals surface area contributed by atoms with E-state index in [4.69, 9.17) is 0 Å². The summed E-state index contributed by atoms with van der Waals surface area (Å²) in [5, 5.41) is 2.56. The molecule has 0 spiro atoms. The number of alkyl halides is 3. The van der Waals surface area contributed by atoms with Crippen LogP contribution in [0.5, 0.6) is 5.75 Å². The molecule has 2 aliphatic heterocycles. The molecule has 2 amide bonds. The van der Waals surface area contributed by atoms with Crippen LogP contribution in [0, 0.1) is 0 Å². The van der Waals surface area contributed by atoms with E-state index in [1.165, 1.54) is 18.2 Å².